The maximum Gasteiger partial charge on any atom is 0.291 e. The Hall–Kier alpha value is -4.56. The van der Waals surface area contributed by atoms with Gasteiger partial charge in [0.15, 0.2) is 5.82 Å². The summed E-state index contributed by atoms with van der Waals surface area (Å²) in [6.07, 6.45) is 3.83. The molecule has 0 spiro atoms. The summed E-state index contributed by atoms with van der Waals surface area (Å²) >= 11 is 1.33. The van der Waals surface area contributed by atoms with Crippen LogP contribution in [0.15, 0.2) is 83.8 Å². The lowest BCUT2D eigenvalue weighted by Crippen LogP contribution is -2.23. The van der Waals surface area contributed by atoms with Gasteiger partial charge >= 0.3 is 0 Å². The number of benzene rings is 3. The molecule has 0 unspecified atom stereocenters. The highest BCUT2D eigenvalue weighted by atomic mass is 32.1. The van der Waals surface area contributed by atoms with E-state index < -0.39 is 0 Å². The molecular formula is C30H25N5O2S. The number of hydrogen-bond donors (Lipinski definition) is 0. The van der Waals surface area contributed by atoms with Crippen LogP contribution >= 0.6 is 11.3 Å². The molecule has 0 amide bonds. The lowest BCUT2D eigenvalue weighted by molar-refractivity contribution is 0.338. The summed E-state index contributed by atoms with van der Waals surface area (Å²) in [4.78, 5) is 18.6. The first-order chi connectivity index (χ1) is 18.5. The third-order valence-electron chi connectivity index (χ3n) is 6.37. The number of rotatable bonds is 6. The number of aryl methyl sites for hydroxylation is 2. The van der Waals surface area contributed by atoms with Gasteiger partial charge in [-0.1, -0.05) is 53.8 Å². The minimum absolute atomic E-state index is 0.196. The lowest BCUT2D eigenvalue weighted by atomic mass is 10.0. The second-order valence-electron chi connectivity index (χ2n) is 8.99. The molecular weight excluding hydrogens is 494 g/mol. The Bertz CT molecular complexity index is 1890. The zero-order valence-corrected chi connectivity index (χ0v) is 22.1. The van der Waals surface area contributed by atoms with Crippen LogP contribution in [0.1, 0.15) is 23.6 Å². The van der Waals surface area contributed by atoms with Gasteiger partial charge in [-0.05, 0) is 68.3 Å². The van der Waals surface area contributed by atoms with Gasteiger partial charge in [-0.2, -0.15) is 14.6 Å². The molecule has 0 saturated heterocycles. The van der Waals surface area contributed by atoms with E-state index in [1.807, 2.05) is 104 Å². The second-order valence-corrected chi connectivity index (χ2v) is 10.00. The molecule has 6 aromatic rings. The molecule has 0 aliphatic heterocycles. The van der Waals surface area contributed by atoms with E-state index >= 15 is 0 Å². The van der Waals surface area contributed by atoms with Gasteiger partial charge in [-0.15, -0.1) is 5.10 Å². The number of thiazole rings is 1. The van der Waals surface area contributed by atoms with E-state index in [-0.39, 0.29) is 5.56 Å². The summed E-state index contributed by atoms with van der Waals surface area (Å²) in [7, 11) is 0. The molecule has 3 aromatic heterocycles. The second kappa shape index (κ2) is 9.72. The third kappa shape index (κ3) is 4.29. The van der Waals surface area contributed by atoms with Crippen LogP contribution in [0.5, 0.6) is 5.75 Å². The number of fused-ring (bicyclic) bond motifs is 1. The van der Waals surface area contributed by atoms with Gasteiger partial charge in [0.25, 0.3) is 5.56 Å². The van der Waals surface area contributed by atoms with Gasteiger partial charge in [-0.25, -0.2) is 4.68 Å². The quantitative estimate of drug-likeness (QED) is 0.301. The van der Waals surface area contributed by atoms with Crippen LogP contribution in [0.2, 0.25) is 0 Å². The first-order valence-corrected chi connectivity index (χ1v) is 13.2. The van der Waals surface area contributed by atoms with Crippen LogP contribution in [0.3, 0.4) is 0 Å². The minimum Gasteiger partial charge on any atom is -0.494 e. The van der Waals surface area contributed by atoms with E-state index in [0.29, 0.717) is 21.9 Å². The van der Waals surface area contributed by atoms with Crippen molar-refractivity contribution in [2.24, 2.45) is 0 Å². The molecule has 3 heterocycles. The van der Waals surface area contributed by atoms with Crippen molar-refractivity contribution in [1.82, 2.24) is 24.4 Å². The molecule has 7 nitrogen and oxygen atoms in total. The zero-order chi connectivity index (χ0) is 26.2. The summed E-state index contributed by atoms with van der Waals surface area (Å²) < 4.78 is 9.50. The predicted molar refractivity (Wildman–Crippen MR) is 151 cm³/mol. The molecule has 0 aliphatic carbocycles. The van der Waals surface area contributed by atoms with E-state index in [1.165, 1.54) is 15.9 Å². The third-order valence-corrected chi connectivity index (χ3v) is 7.33. The molecule has 0 bridgehead atoms. The Labute approximate surface area is 223 Å². The molecule has 38 heavy (non-hydrogen) atoms. The molecule has 0 aliphatic rings. The zero-order valence-electron chi connectivity index (χ0n) is 21.3. The van der Waals surface area contributed by atoms with Crippen molar-refractivity contribution in [3.05, 3.63) is 111 Å². The lowest BCUT2D eigenvalue weighted by Gasteiger charge is -2.08. The Morgan fingerprint density at radius 3 is 2.47 bits per heavy atom. The van der Waals surface area contributed by atoms with Crippen LogP contribution in [-0.2, 0) is 0 Å². The van der Waals surface area contributed by atoms with Crippen molar-refractivity contribution in [3.63, 3.8) is 0 Å². The first-order valence-electron chi connectivity index (χ1n) is 12.4. The molecule has 3 aromatic carbocycles. The fourth-order valence-electron chi connectivity index (χ4n) is 4.46. The van der Waals surface area contributed by atoms with Crippen molar-refractivity contribution in [1.29, 1.82) is 0 Å². The summed E-state index contributed by atoms with van der Waals surface area (Å²) in [5, 5.41) is 9.43. The van der Waals surface area contributed by atoms with Gasteiger partial charge < -0.3 is 4.74 Å². The highest BCUT2D eigenvalue weighted by Crippen LogP contribution is 2.29. The molecule has 0 radical (unpaired) electrons. The predicted octanol–water partition coefficient (Wildman–Crippen LogP) is 5.23. The summed E-state index contributed by atoms with van der Waals surface area (Å²) in [6, 6.07) is 23.9. The molecule has 0 fully saturated rings. The van der Waals surface area contributed by atoms with Crippen LogP contribution in [-0.4, -0.2) is 31.0 Å². The van der Waals surface area contributed by atoms with Crippen molar-refractivity contribution in [2.45, 2.75) is 20.8 Å². The van der Waals surface area contributed by atoms with E-state index in [1.54, 1.807) is 0 Å². The van der Waals surface area contributed by atoms with E-state index in [9.17, 15) is 4.79 Å². The molecule has 0 atom stereocenters. The maximum atomic E-state index is 13.4. The Balaban J connectivity index is 1.48. The first kappa shape index (κ1) is 23.8. The van der Waals surface area contributed by atoms with Crippen molar-refractivity contribution < 1.29 is 4.74 Å². The SMILES string of the molecule is CCOc1ccc(-c2nn(-c3ccccc3)cc2C=c2sc3nc(-c4ccccc4C)nn3c2=O)cc1C. The summed E-state index contributed by atoms with van der Waals surface area (Å²) in [5.74, 6) is 1.40. The van der Waals surface area contributed by atoms with Crippen LogP contribution in [0.4, 0.5) is 0 Å². The van der Waals surface area contributed by atoms with E-state index in [2.05, 4.69) is 16.1 Å². The fourth-order valence-corrected chi connectivity index (χ4v) is 5.36. The van der Waals surface area contributed by atoms with Crippen LogP contribution in [0, 0.1) is 13.8 Å². The van der Waals surface area contributed by atoms with Gasteiger partial charge in [0.05, 0.1) is 16.8 Å². The number of para-hydroxylation sites is 1. The average Bonchev–Trinajstić information content (AvgIpc) is 3.61. The molecule has 8 heteroatoms. The highest BCUT2D eigenvalue weighted by Gasteiger charge is 2.16. The van der Waals surface area contributed by atoms with Gasteiger partial charge in [0.2, 0.25) is 4.96 Å². The minimum atomic E-state index is -0.196. The van der Waals surface area contributed by atoms with Crippen LogP contribution < -0.4 is 14.8 Å². The average molecular weight is 520 g/mol. The smallest absolute Gasteiger partial charge is 0.291 e. The number of ether oxygens (including phenoxy) is 1. The maximum absolute atomic E-state index is 13.4. The van der Waals surface area contributed by atoms with Crippen molar-refractivity contribution >= 4 is 22.4 Å². The Kier molecular flexibility index (Phi) is 6.09. The Morgan fingerprint density at radius 1 is 0.947 bits per heavy atom. The Morgan fingerprint density at radius 2 is 1.74 bits per heavy atom. The fraction of sp³-hybridized carbons (Fsp3) is 0.133. The van der Waals surface area contributed by atoms with Gasteiger partial charge in [0.1, 0.15) is 11.4 Å². The van der Waals surface area contributed by atoms with E-state index in [0.717, 1.165) is 44.9 Å². The molecule has 0 N–H and O–H groups in total. The monoisotopic (exact) mass is 519 g/mol. The standard InChI is InChI=1S/C30H25N5O2S/c1-4-37-25-15-14-21(16-20(25)3)27-22(18-34(32-27)23-11-6-5-7-12-23)17-26-29(36)35-30(38-26)31-28(33-35)24-13-9-8-10-19(24)2/h5-18H,4H2,1-3H3. The van der Waals surface area contributed by atoms with Gasteiger partial charge in [0, 0.05) is 22.9 Å². The van der Waals surface area contributed by atoms with Crippen LogP contribution in [0.25, 0.3) is 39.4 Å². The molecule has 0 saturated carbocycles. The van der Waals surface area contributed by atoms with Gasteiger partial charge in [-0.3, -0.25) is 4.79 Å². The largest absolute Gasteiger partial charge is 0.494 e. The van der Waals surface area contributed by atoms with E-state index in [4.69, 9.17) is 9.84 Å². The van der Waals surface area contributed by atoms with Crippen molar-refractivity contribution in [3.8, 4) is 34.1 Å². The topological polar surface area (TPSA) is 74.3 Å². The van der Waals surface area contributed by atoms with Crippen molar-refractivity contribution in [2.75, 3.05) is 6.61 Å². The normalized spacial score (nSPS) is 11.9. The number of hydrogen-bond acceptors (Lipinski definition) is 6. The summed E-state index contributed by atoms with van der Waals surface area (Å²) in [6.45, 7) is 6.61. The molecule has 6 rings (SSSR count). The molecule has 188 valence electrons. The summed E-state index contributed by atoms with van der Waals surface area (Å²) in [5.41, 5.74) is 6.30. The number of nitrogens with zero attached hydrogens (tertiary/aromatic N) is 5. The highest BCUT2D eigenvalue weighted by molar-refractivity contribution is 7.15. The number of aromatic nitrogens is 5.